The van der Waals surface area contributed by atoms with Gasteiger partial charge in [0.15, 0.2) is 0 Å². The monoisotopic (exact) mass is 314 g/mol. The van der Waals surface area contributed by atoms with Crippen LogP contribution >= 0.6 is 0 Å². The average molecular weight is 315 g/mol. The van der Waals surface area contributed by atoms with Gasteiger partial charge in [-0.2, -0.15) is 0 Å². The molecule has 0 aliphatic carbocycles. The molecule has 0 radical (unpaired) electrons. The van der Waals surface area contributed by atoms with Crippen molar-refractivity contribution in [2.45, 2.75) is 109 Å². The topological polar surface area (TPSA) is 104 Å². The van der Waals surface area contributed by atoms with E-state index in [0.717, 1.165) is 57.9 Å². The van der Waals surface area contributed by atoms with Gasteiger partial charge in [-0.05, 0) is 57.9 Å². The zero-order valence-electron chi connectivity index (χ0n) is 15.2. The molecule has 0 amide bonds. The fourth-order valence-electron chi connectivity index (χ4n) is 2.88. The SMILES string of the molecule is CCC(N)CCC(N)(CCCCCCCN)CCC(N)CC. The van der Waals surface area contributed by atoms with E-state index in [-0.39, 0.29) is 17.6 Å². The molecule has 2 unspecified atom stereocenters. The molecular weight excluding hydrogens is 272 g/mol. The fraction of sp³-hybridized carbons (Fsp3) is 1.00. The van der Waals surface area contributed by atoms with Crippen molar-refractivity contribution in [1.82, 2.24) is 0 Å². The van der Waals surface area contributed by atoms with Crippen LogP contribution in [0.15, 0.2) is 0 Å². The smallest absolute Gasteiger partial charge is 0.0155 e. The third-order valence-electron chi connectivity index (χ3n) is 4.95. The predicted molar refractivity (Wildman–Crippen MR) is 98.7 cm³/mol. The van der Waals surface area contributed by atoms with Gasteiger partial charge in [0.25, 0.3) is 0 Å². The first kappa shape index (κ1) is 21.8. The molecule has 0 aliphatic rings. The van der Waals surface area contributed by atoms with Gasteiger partial charge in [-0.1, -0.05) is 39.5 Å². The van der Waals surface area contributed by atoms with Crippen LogP contribution in [0.2, 0.25) is 0 Å². The Hall–Kier alpha value is -0.160. The number of hydrogen-bond donors (Lipinski definition) is 4. The Morgan fingerprint density at radius 3 is 1.64 bits per heavy atom. The minimum atomic E-state index is -0.0759. The summed E-state index contributed by atoms with van der Waals surface area (Å²) in [6.07, 6.45) is 13.4. The first-order valence-corrected chi connectivity index (χ1v) is 9.47. The molecule has 0 saturated heterocycles. The van der Waals surface area contributed by atoms with Crippen molar-refractivity contribution in [2.75, 3.05) is 6.54 Å². The van der Waals surface area contributed by atoms with Crippen LogP contribution in [0.3, 0.4) is 0 Å². The molecule has 8 N–H and O–H groups in total. The van der Waals surface area contributed by atoms with E-state index in [2.05, 4.69) is 13.8 Å². The molecular formula is C18H42N4. The molecule has 0 fully saturated rings. The molecule has 134 valence electrons. The molecule has 0 bridgehead atoms. The first-order chi connectivity index (χ1) is 10.5. The summed E-state index contributed by atoms with van der Waals surface area (Å²) >= 11 is 0. The minimum Gasteiger partial charge on any atom is -0.330 e. The van der Waals surface area contributed by atoms with Crippen LogP contribution in [0, 0.1) is 0 Å². The summed E-state index contributed by atoms with van der Waals surface area (Å²) in [5, 5.41) is 0. The fourth-order valence-corrected chi connectivity index (χ4v) is 2.88. The Bertz CT molecular complexity index is 231. The summed E-state index contributed by atoms with van der Waals surface area (Å²) in [5.41, 5.74) is 24.3. The standard InChI is InChI=1S/C18H42N4/c1-3-16(20)10-13-18(22,14-11-17(21)4-2)12-8-6-5-7-9-15-19/h16-17H,3-15,19-22H2,1-2H3. The Morgan fingerprint density at radius 1 is 0.727 bits per heavy atom. The van der Waals surface area contributed by atoms with Gasteiger partial charge in [-0.15, -0.1) is 0 Å². The minimum absolute atomic E-state index is 0.0759. The molecule has 0 aromatic heterocycles. The van der Waals surface area contributed by atoms with E-state index in [4.69, 9.17) is 22.9 Å². The molecule has 22 heavy (non-hydrogen) atoms. The van der Waals surface area contributed by atoms with E-state index in [1.165, 1.54) is 25.7 Å². The van der Waals surface area contributed by atoms with E-state index < -0.39 is 0 Å². The number of rotatable bonds is 15. The predicted octanol–water partition coefficient (Wildman–Crippen LogP) is 3.02. The van der Waals surface area contributed by atoms with Gasteiger partial charge in [0.2, 0.25) is 0 Å². The summed E-state index contributed by atoms with van der Waals surface area (Å²) in [4.78, 5) is 0. The number of unbranched alkanes of at least 4 members (excludes halogenated alkanes) is 4. The second kappa shape index (κ2) is 13.3. The van der Waals surface area contributed by atoms with Crippen LogP contribution in [-0.4, -0.2) is 24.2 Å². The Kier molecular flexibility index (Phi) is 13.2. The maximum atomic E-state index is 6.71. The highest BCUT2D eigenvalue weighted by atomic mass is 14.7. The molecule has 4 nitrogen and oxygen atoms in total. The van der Waals surface area contributed by atoms with Gasteiger partial charge in [-0.3, -0.25) is 0 Å². The largest absolute Gasteiger partial charge is 0.330 e. The quantitative estimate of drug-likeness (QED) is 0.349. The zero-order valence-corrected chi connectivity index (χ0v) is 15.2. The zero-order chi connectivity index (χ0) is 16.8. The lowest BCUT2D eigenvalue weighted by Gasteiger charge is -2.32. The third kappa shape index (κ3) is 11.4. The Morgan fingerprint density at radius 2 is 1.18 bits per heavy atom. The molecule has 0 spiro atoms. The van der Waals surface area contributed by atoms with Gasteiger partial charge in [-0.25, -0.2) is 0 Å². The van der Waals surface area contributed by atoms with Crippen LogP contribution in [0.5, 0.6) is 0 Å². The highest BCUT2D eigenvalue weighted by Gasteiger charge is 2.25. The third-order valence-corrected chi connectivity index (χ3v) is 4.95. The van der Waals surface area contributed by atoms with E-state index in [9.17, 15) is 0 Å². The number of nitrogens with two attached hydrogens (primary N) is 4. The van der Waals surface area contributed by atoms with Crippen molar-refractivity contribution >= 4 is 0 Å². The van der Waals surface area contributed by atoms with Crippen molar-refractivity contribution < 1.29 is 0 Å². The summed E-state index contributed by atoms with van der Waals surface area (Å²) in [7, 11) is 0. The molecule has 0 rings (SSSR count). The van der Waals surface area contributed by atoms with Crippen LogP contribution < -0.4 is 22.9 Å². The van der Waals surface area contributed by atoms with E-state index in [0.29, 0.717) is 0 Å². The lowest BCUT2D eigenvalue weighted by molar-refractivity contribution is 0.292. The van der Waals surface area contributed by atoms with Crippen molar-refractivity contribution in [3.8, 4) is 0 Å². The molecule has 4 heteroatoms. The maximum Gasteiger partial charge on any atom is 0.0155 e. The second-order valence-electron chi connectivity index (χ2n) is 7.08. The van der Waals surface area contributed by atoms with Gasteiger partial charge < -0.3 is 22.9 Å². The summed E-state index contributed by atoms with van der Waals surface area (Å²) in [6.45, 7) is 5.10. The van der Waals surface area contributed by atoms with E-state index >= 15 is 0 Å². The average Bonchev–Trinajstić information content (AvgIpc) is 2.53. The lowest BCUT2D eigenvalue weighted by atomic mass is 9.81. The summed E-state index contributed by atoms with van der Waals surface area (Å²) in [6, 6.07) is 0.569. The normalized spacial score (nSPS) is 17.2. The highest BCUT2D eigenvalue weighted by Crippen LogP contribution is 2.26. The van der Waals surface area contributed by atoms with Gasteiger partial charge >= 0.3 is 0 Å². The molecule has 0 aromatic carbocycles. The van der Waals surface area contributed by atoms with Crippen LogP contribution in [-0.2, 0) is 0 Å². The summed E-state index contributed by atoms with van der Waals surface area (Å²) < 4.78 is 0. The first-order valence-electron chi connectivity index (χ1n) is 9.47. The van der Waals surface area contributed by atoms with Crippen molar-refractivity contribution in [3.05, 3.63) is 0 Å². The van der Waals surface area contributed by atoms with Crippen LogP contribution in [0.25, 0.3) is 0 Å². The van der Waals surface area contributed by atoms with Crippen molar-refractivity contribution in [1.29, 1.82) is 0 Å². The van der Waals surface area contributed by atoms with Crippen molar-refractivity contribution in [3.63, 3.8) is 0 Å². The number of hydrogen-bond acceptors (Lipinski definition) is 4. The van der Waals surface area contributed by atoms with E-state index in [1.54, 1.807) is 0 Å². The van der Waals surface area contributed by atoms with Gasteiger partial charge in [0.05, 0.1) is 0 Å². The van der Waals surface area contributed by atoms with Gasteiger partial charge in [0, 0.05) is 17.6 Å². The van der Waals surface area contributed by atoms with Crippen LogP contribution in [0.1, 0.15) is 90.9 Å². The Balaban J connectivity index is 4.19. The second-order valence-corrected chi connectivity index (χ2v) is 7.08. The van der Waals surface area contributed by atoms with E-state index in [1.807, 2.05) is 0 Å². The Labute approximate surface area is 138 Å². The molecule has 0 aromatic rings. The van der Waals surface area contributed by atoms with Gasteiger partial charge in [0.1, 0.15) is 0 Å². The lowest BCUT2D eigenvalue weighted by Crippen LogP contribution is -2.42. The highest BCUT2D eigenvalue weighted by molar-refractivity contribution is 4.86. The van der Waals surface area contributed by atoms with Crippen LogP contribution in [0.4, 0.5) is 0 Å². The molecule has 0 saturated carbocycles. The summed E-state index contributed by atoms with van der Waals surface area (Å²) in [5.74, 6) is 0. The molecule has 0 heterocycles. The molecule has 2 atom stereocenters. The maximum absolute atomic E-state index is 6.71. The van der Waals surface area contributed by atoms with Crippen molar-refractivity contribution in [2.24, 2.45) is 22.9 Å². The molecule has 0 aliphatic heterocycles.